The molecule has 1 saturated heterocycles. The number of rotatable bonds is 7. The molecule has 1 aromatic heterocycles. The van der Waals surface area contributed by atoms with Crippen molar-refractivity contribution in [2.24, 2.45) is 0 Å². The lowest BCUT2D eigenvalue weighted by Gasteiger charge is -2.25. The first-order valence-electron chi connectivity index (χ1n) is 10.5. The summed E-state index contributed by atoms with van der Waals surface area (Å²) in [6.45, 7) is 3.47. The molecule has 1 amide bonds. The lowest BCUT2D eigenvalue weighted by Crippen LogP contribution is -2.40. The van der Waals surface area contributed by atoms with Crippen LogP contribution in [0.4, 0.5) is 0 Å². The van der Waals surface area contributed by atoms with E-state index in [2.05, 4.69) is 29.6 Å². The molecule has 0 radical (unpaired) electrons. The van der Waals surface area contributed by atoms with E-state index in [1.54, 1.807) is 12.1 Å². The fourth-order valence-electron chi connectivity index (χ4n) is 3.64. The van der Waals surface area contributed by atoms with Gasteiger partial charge in [0, 0.05) is 18.0 Å². The van der Waals surface area contributed by atoms with Gasteiger partial charge in [-0.05, 0) is 35.7 Å². The Hall–Kier alpha value is -2.52. The molecule has 1 fully saturated rings. The zero-order valence-corrected chi connectivity index (χ0v) is 19.5. The van der Waals surface area contributed by atoms with E-state index in [-0.39, 0.29) is 22.6 Å². The number of hydrogen-bond acceptors (Lipinski definition) is 5. The van der Waals surface area contributed by atoms with Gasteiger partial charge in [-0.25, -0.2) is 8.42 Å². The largest absolute Gasteiger partial charge is 0.379 e. The van der Waals surface area contributed by atoms with Gasteiger partial charge >= 0.3 is 0 Å². The normalized spacial score (nSPS) is 15.9. The van der Waals surface area contributed by atoms with Crippen molar-refractivity contribution in [2.45, 2.75) is 23.6 Å². The van der Waals surface area contributed by atoms with Crippen LogP contribution in [0, 0.1) is 0 Å². The van der Waals surface area contributed by atoms with Gasteiger partial charge < -0.3 is 10.1 Å². The van der Waals surface area contributed by atoms with Crippen LogP contribution in [0.15, 0.2) is 70.9 Å². The van der Waals surface area contributed by atoms with Crippen LogP contribution in [0.3, 0.4) is 0 Å². The summed E-state index contributed by atoms with van der Waals surface area (Å²) < 4.78 is 32.5. The van der Waals surface area contributed by atoms with Crippen LogP contribution in [-0.4, -0.2) is 44.9 Å². The molecule has 0 spiro atoms. The number of morpholine rings is 1. The number of amides is 1. The zero-order valence-electron chi connectivity index (χ0n) is 17.9. The molecule has 0 bridgehead atoms. The third-order valence-electron chi connectivity index (χ3n) is 5.43. The molecule has 4 rings (SSSR count). The predicted octanol–water partition coefficient (Wildman–Crippen LogP) is 3.86. The molecule has 168 valence electrons. The highest BCUT2D eigenvalue weighted by Gasteiger charge is 2.28. The Labute approximate surface area is 192 Å². The first kappa shape index (κ1) is 22.7. The minimum Gasteiger partial charge on any atom is -0.379 e. The Balaban J connectivity index is 1.35. The molecule has 1 atom stereocenters. The van der Waals surface area contributed by atoms with Gasteiger partial charge in [-0.1, -0.05) is 54.6 Å². The molecular weight excluding hydrogens is 444 g/mol. The Morgan fingerprint density at radius 3 is 2.34 bits per heavy atom. The predicted molar refractivity (Wildman–Crippen MR) is 126 cm³/mol. The van der Waals surface area contributed by atoms with Gasteiger partial charge in [0.2, 0.25) is 5.91 Å². The number of carbonyl (C=O) groups is 1. The summed E-state index contributed by atoms with van der Waals surface area (Å²) in [5.74, 6) is -0.137. The van der Waals surface area contributed by atoms with E-state index < -0.39 is 10.0 Å². The van der Waals surface area contributed by atoms with Crippen LogP contribution in [0.5, 0.6) is 0 Å². The van der Waals surface area contributed by atoms with E-state index in [9.17, 15) is 13.2 Å². The van der Waals surface area contributed by atoms with Crippen LogP contribution in [0.2, 0.25) is 0 Å². The maximum atomic E-state index is 12.8. The van der Waals surface area contributed by atoms with Gasteiger partial charge in [0.05, 0.1) is 25.7 Å². The molecule has 8 heteroatoms. The molecule has 0 saturated carbocycles. The maximum absolute atomic E-state index is 12.8. The third-order valence-corrected chi connectivity index (χ3v) is 8.88. The van der Waals surface area contributed by atoms with Crippen molar-refractivity contribution in [1.29, 1.82) is 0 Å². The van der Waals surface area contributed by atoms with Crippen LogP contribution >= 0.6 is 11.3 Å². The van der Waals surface area contributed by atoms with Crippen LogP contribution in [-0.2, 0) is 26.0 Å². The van der Waals surface area contributed by atoms with Gasteiger partial charge in [-0.2, -0.15) is 4.31 Å². The molecule has 2 heterocycles. The van der Waals surface area contributed by atoms with E-state index in [0.717, 1.165) is 32.9 Å². The fourth-order valence-corrected chi connectivity index (χ4v) is 6.55. The van der Waals surface area contributed by atoms with Gasteiger partial charge in [-0.15, -0.1) is 11.3 Å². The molecular formula is C24H26N2O4S2. The average molecular weight is 471 g/mol. The lowest BCUT2D eigenvalue weighted by atomic mass is 10.0. The molecule has 3 aromatic rings. The highest BCUT2D eigenvalue weighted by Crippen LogP contribution is 2.26. The average Bonchev–Trinajstić information content (AvgIpc) is 3.29. The SMILES string of the molecule is CC(NC(=O)Cc1ccc(S(=O)(=O)N2CCOCC2)s1)c1ccc(-c2ccccc2)cc1. The maximum Gasteiger partial charge on any atom is 0.252 e. The molecule has 1 aliphatic heterocycles. The first-order valence-corrected chi connectivity index (χ1v) is 12.8. The number of hydrogen-bond donors (Lipinski definition) is 1. The molecule has 6 nitrogen and oxygen atoms in total. The summed E-state index contributed by atoms with van der Waals surface area (Å²) in [4.78, 5) is 13.3. The van der Waals surface area contributed by atoms with Crippen molar-refractivity contribution in [2.75, 3.05) is 26.3 Å². The van der Waals surface area contributed by atoms with Crippen molar-refractivity contribution in [1.82, 2.24) is 9.62 Å². The number of nitrogens with zero attached hydrogens (tertiary/aromatic N) is 1. The minimum atomic E-state index is -3.53. The molecule has 1 N–H and O–H groups in total. The summed E-state index contributed by atoms with van der Waals surface area (Å²) in [5, 5.41) is 3.01. The molecule has 2 aromatic carbocycles. The van der Waals surface area contributed by atoms with Crippen molar-refractivity contribution >= 4 is 27.3 Å². The Bertz CT molecular complexity index is 1150. The standard InChI is InChI=1S/C24H26N2O4S2/c1-18(19-7-9-21(10-8-19)20-5-3-2-4-6-20)25-23(27)17-22-11-12-24(31-22)32(28,29)26-13-15-30-16-14-26/h2-12,18H,13-17H2,1H3,(H,25,27). The zero-order chi connectivity index (χ0) is 22.6. The topological polar surface area (TPSA) is 75.7 Å². The number of sulfonamides is 1. The second-order valence-corrected chi connectivity index (χ2v) is 11.0. The second kappa shape index (κ2) is 9.95. The minimum absolute atomic E-state index is 0.137. The van der Waals surface area contributed by atoms with Crippen molar-refractivity contribution in [3.8, 4) is 11.1 Å². The Morgan fingerprint density at radius 1 is 1.00 bits per heavy atom. The highest BCUT2D eigenvalue weighted by atomic mass is 32.2. The highest BCUT2D eigenvalue weighted by molar-refractivity contribution is 7.91. The monoisotopic (exact) mass is 470 g/mol. The number of thiophene rings is 1. The number of carbonyl (C=O) groups excluding carboxylic acids is 1. The van der Waals surface area contributed by atoms with Crippen LogP contribution < -0.4 is 5.32 Å². The molecule has 0 aliphatic carbocycles. The van der Waals surface area contributed by atoms with E-state index >= 15 is 0 Å². The van der Waals surface area contributed by atoms with Crippen LogP contribution in [0.1, 0.15) is 23.4 Å². The van der Waals surface area contributed by atoms with Gasteiger partial charge in [0.25, 0.3) is 10.0 Å². The first-order chi connectivity index (χ1) is 15.4. The fraction of sp³-hybridized carbons (Fsp3) is 0.292. The third kappa shape index (κ3) is 5.27. The summed E-state index contributed by atoms with van der Waals surface area (Å²) in [6, 6.07) is 21.4. The van der Waals surface area contributed by atoms with Crippen LogP contribution in [0.25, 0.3) is 11.1 Å². The van der Waals surface area contributed by atoms with Crippen molar-refractivity contribution in [3.63, 3.8) is 0 Å². The van der Waals surface area contributed by atoms with Gasteiger partial charge in [0.1, 0.15) is 4.21 Å². The molecule has 32 heavy (non-hydrogen) atoms. The molecule has 1 unspecified atom stereocenters. The number of benzene rings is 2. The van der Waals surface area contributed by atoms with E-state index in [1.807, 2.05) is 37.3 Å². The number of nitrogens with one attached hydrogen (secondary N) is 1. The summed E-state index contributed by atoms with van der Waals surface area (Å²) in [6.07, 6.45) is 0.149. The summed E-state index contributed by atoms with van der Waals surface area (Å²) in [7, 11) is -3.53. The Morgan fingerprint density at radius 2 is 1.66 bits per heavy atom. The number of ether oxygens (including phenoxy) is 1. The summed E-state index contributed by atoms with van der Waals surface area (Å²) in [5.41, 5.74) is 3.29. The van der Waals surface area contributed by atoms with E-state index in [0.29, 0.717) is 26.3 Å². The van der Waals surface area contributed by atoms with Gasteiger partial charge in [0.15, 0.2) is 0 Å². The van der Waals surface area contributed by atoms with Crippen molar-refractivity contribution in [3.05, 3.63) is 77.2 Å². The van der Waals surface area contributed by atoms with E-state index in [4.69, 9.17) is 4.74 Å². The Kier molecular flexibility index (Phi) is 7.05. The lowest BCUT2D eigenvalue weighted by molar-refractivity contribution is -0.121. The smallest absolute Gasteiger partial charge is 0.252 e. The quantitative estimate of drug-likeness (QED) is 0.569. The van der Waals surface area contributed by atoms with Crippen molar-refractivity contribution < 1.29 is 17.9 Å². The van der Waals surface area contributed by atoms with Gasteiger partial charge in [-0.3, -0.25) is 4.79 Å². The summed E-state index contributed by atoms with van der Waals surface area (Å²) >= 11 is 1.15. The van der Waals surface area contributed by atoms with E-state index in [1.165, 1.54) is 4.31 Å². The second-order valence-electron chi connectivity index (χ2n) is 7.69. The molecule has 1 aliphatic rings.